The van der Waals surface area contributed by atoms with E-state index in [9.17, 15) is 9.59 Å². The first-order valence-electron chi connectivity index (χ1n) is 7.29. The minimum atomic E-state index is -0.568. The third-order valence-corrected chi connectivity index (χ3v) is 4.15. The Labute approximate surface area is 119 Å². The van der Waals surface area contributed by atoms with Crippen LogP contribution in [0, 0.1) is 5.92 Å². The normalized spacial score (nSPS) is 17.4. The summed E-state index contributed by atoms with van der Waals surface area (Å²) in [6, 6.07) is 6.81. The first-order valence-corrected chi connectivity index (χ1v) is 7.29. The number of carbonyl (C=O) groups is 2. The van der Waals surface area contributed by atoms with Crippen LogP contribution in [0.5, 0.6) is 0 Å². The van der Waals surface area contributed by atoms with Crippen molar-refractivity contribution in [2.45, 2.75) is 45.1 Å². The molecule has 0 saturated heterocycles. The molecule has 0 bridgehead atoms. The quantitative estimate of drug-likeness (QED) is 0.885. The zero-order valence-corrected chi connectivity index (χ0v) is 11.9. The van der Waals surface area contributed by atoms with Crippen molar-refractivity contribution in [3.63, 3.8) is 0 Å². The van der Waals surface area contributed by atoms with Crippen LogP contribution in [0.25, 0.3) is 0 Å². The molecule has 1 atom stereocenters. The molecule has 3 N–H and O–H groups in total. The molecule has 1 saturated carbocycles. The van der Waals surface area contributed by atoms with Crippen molar-refractivity contribution in [2.24, 2.45) is 11.7 Å². The van der Waals surface area contributed by atoms with Gasteiger partial charge >= 0.3 is 0 Å². The van der Waals surface area contributed by atoms with E-state index in [4.69, 9.17) is 5.73 Å². The van der Waals surface area contributed by atoms with Crippen molar-refractivity contribution in [2.75, 3.05) is 0 Å². The van der Waals surface area contributed by atoms with Gasteiger partial charge < -0.3 is 11.1 Å². The number of rotatable bonds is 4. The fourth-order valence-electron chi connectivity index (χ4n) is 2.93. The zero-order chi connectivity index (χ0) is 14.5. The van der Waals surface area contributed by atoms with E-state index in [-0.39, 0.29) is 17.5 Å². The van der Waals surface area contributed by atoms with E-state index in [1.54, 1.807) is 24.3 Å². The van der Waals surface area contributed by atoms with Gasteiger partial charge in [-0.2, -0.15) is 0 Å². The van der Waals surface area contributed by atoms with E-state index >= 15 is 0 Å². The third-order valence-electron chi connectivity index (χ3n) is 4.15. The molecule has 1 aliphatic rings. The molecule has 1 fully saturated rings. The van der Waals surface area contributed by atoms with Crippen LogP contribution in [0.4, 0.5) is 0 Å². The molecule has 4 heteroatoms. The Morgan fingerprint density at radius 3 is 2.35 bits per heavy atom. The first-order chi connectivity index (χ1) is 9.59. The molecule has 1 aromatic carbocycles. The molecule has 1 aromatic rings. The monoisotopic (exact) mass is 274 g/mol. The highest BCUT2D eigenvalue weighted by Crippen LogP contribution is 2.26. The summed E-state index contributed by atoms with van der Waals surface area (Å²) >= 11 is 0. The van der Waals surface area contributed by atoms with E-state index in [1.165, 1.54) is 32.1 Å². The second-order valence-electron chi connectivity index (χ2n) is 5.57. The lowest BCUT2D eigenvalue weighted by molar-refractivity contribution is 0.0907. The summed E-state index contributed by atoms with van der Waals surface area (Å²) in [7, 11) is 0. The fourth-order valence-corrected chi connectivity index (χ4v) is 2.93. The first kappa shape index (κ1) is 14.6. The Hall–Kier alpha value is -1.84. The number of nitrogens with two attached hydrogens (primary N) is 1. The molecule has 0 heterocycles. The molecule has 20 heavy (non-hydrogen) atoms. The molecule has 0 aromatic heterocycles. The van der Waals surface area contributed by atoms with Crippen molar-refractivity contribution in [1.82, 2.24) is 5.32 Å². The van der Waals surface area contributed by atoms with Crippen LogP contribution >= 0.6 is 0 Å². The van der Waals surface area contributed by atoms with Gasteiger partial charge in [-0.05, 0) is 37.8 Å². The predicted molar refractivity (Wildman–Crippen MR) is 78.5 cm³/mol. The van der Waals surface area contributed by atoms with Gasteiger partial charge in [0, 0.05) is 6.04 Å². The SMILES string of the molecule is C[C@H](NC(=O)c1ccccc1C(N)=O)C1CCCCC1. The van der Waals surface area contributed by atoms with E-state index in [0.29, 0.717) is 11.5 Å². The van der Waals surface area contributed by atoms with Crippen molar-refractivity contribution < 1.29 is 9.59 Å². The summed E-state index contributed by atoms with van der Waals surface area (Å²) < 4.78 is 0. The van der Waals surface area contributed by atoms with Crippen LogP contribution in [0.1, 0.15) is 59.7 Å². The number of carbonyl (C=O) groups excluding carboxylic acids is 2. The highest BCUT2D eigenvalue weighted by molar-refractivity contribution is 6.06. The maximum atomic E-state index is 12.3. The van der Waals surface area contributed by atoms with Gasteiger partial charge in [0.2, 0.25) is 5.91 Å². The maximum Gasteiger partial charge on any atom is 0.252 e. The van der Waals surface area contributed by atoms with Gasteiger partial charge in [0.25, 0.3) is 5.91 Å². The fraction of sp³-hybridized carbons (Fsp3) is 0.500. The third kappa shape index (κ3) is 3.38. The molecule has 4 nitrogen and oxygen atoms in total. The number of hydrogen-bond acceptors (Lipinski definition) is 2. The molecule has 0 radical (unpaired) electrons. The lowest BCUT2D eigenvalue weighted by Crippen LogP contribution is -2.39. The van der Waals surface area contributed by atoms with Crippen LogP contribution in [0.2, 0.25) is 0 Å². The largest absolute Gasteiger partial charge is 0.366 e. The molecule has 1 aliphatic carbocycles. The number of hydrogen-bond donors (Lipinski definition) is 2. The Bertz CT molecular complexity index is 493. The molecule has 0 unspecified atom stereocenters. The van der Waals surface area contributed by atoms with Gasteiger partial charge in [0.05, 0.1) is 11.1 Å². The standard InChI is InChI=1S/C16H22N2O2/c1-11(12-7-3-2-4-8-12)18-16(20)14-10-6-5-9-13(14)15(17)19/h5-6,9-12H,2-4,7-8H2,1H3,(H2,17,19)(H,18,20)/t11-/m0/s1. The zero-order valence-electron chi connectivity index (χ0n) is 11.9. The smallest absolute Gasteiger partial charge is 0.252 e. The number of amides is 2. The van der Waals surface area contributed by atoms with Gasteiger partial charge in [-0.1, -0.05) is 31.4 Å². The highest BCUT2D eigenvalue weighted by atomic mass is 16.2. The van der Waals surface area contributed by atoms with Crippen molar-refractivity contribution in [1.29, 1.82) is 0 Å². The van der Waals surface area contributed by atoms with E-state index < -0.39 is 5.91 Å². The van der Waals surface area contributed by atoms with E-state index in [0.717, 1.165) is 0 Å². The Morgan fingerprint density at radius 2 is 1.75 bits per heavy atom. The summed E-state index contributed by atoms with van der Waals surface area (Å²) in [6.45, 7) is 2.04. The number of primary amides is 1. The van der Waals surface area contributed by atoms with Crippen LogP contribution in [0.15, 0.2) is 24.3 Å². The predicted octanol–water partition coefficient (Wildman–Crippen LogP) is 2.48. The Balaban J connectivity index is 2.06. The molecule has 2 rings (SSSR count). The van der Waals surface area contributed by atoms with Gasteiger partial charge in [0.15, 0.2) is 0 Å². The highest BCUT2D eigenvalue weighted by Gasteiger charge is 2.23. The van der Waals surface area contributed by atoms with Gasteiger partial charge in [-0.3, -0.25) is 9.59 Å². The average Bonchev–Trinajstić information content (AvgIpc) is 2.48. The van der Waals surface area contributed by atoms with Gasteiger partial charge in [0.1, 0.15) is 0 Å². The average molecular weight is 274 g/mol. The van der Waals surface area contributed by atoms with E-state index in [2.05, 4.69) is 5.32 Å². The van der Waals surface area contributed by atoms with Crippen molar-refractivity contribution in [3.05, 3.63) is 35.4 Å². The maximum absolute atomic E-state index is 12.3. The summed E-state index contributed by atoms with van der Waals surface area (Å²) in [6.07, 6.45) is 6.10. The van der Waals surface area contributed by atoms with Crippen LogP contribution in [0.3, 0.4) is 0 Å². The molecule has 0 aliphatic heterocycles. The minimum Gasteiger partial charge on any atom is -0.366 e. The van der Waals surface area contributed by atoms with Crippen LogP contribution in [-0.2, 0) is 0 Å². The van der Waals surface area contributed by atoms with Gasteiger partial charge in [-0.15, -0.1) is 0 Å². The summed E-state index contributed by atoms with van der Waals surface area (Å²) in [5.74, 6) is -0.244. The Morgan fingerprint density at radius 1 is 1.15 bits per heavy atom. The summed E-state index contributed by atoms with van der Waals surface area (Å²) in [4.78, 5) is 23.7. The van der Waals surface area contributed by atoms with Crippen molar-refractivity contribution in [3.8, 4) is 0 Å². The second-order valence-corrected chi connectivity index (χ2v) is 5.57. The van der Waals surface area contributed by atoms with Crippen LogP contribution < -0.4 is 11.1 Å². The second kappa shape index (κ2) is 6.55. The van der Waals surface area contributed by atoms with E-state index in [1.807, 2.05) is 6.92 Å². The molecule has 108 valence electrons. The molecular weight excluding hydrogens is 252 g/mol. The minimum absolute atomic E-state index is 0.128. The molecule has 2 amide bonds. The lowest BCUT2D eigenvalue weighted by atomic mass is 9.84. The van der Waals surface area contributed by atoms with Crippen molar-refractivity contribution >= 4 is 11.8 Å². The summed E-state index contributed by atoms with van der Waals surface area (Å²) in [5, 5.41) is 3.01. The molecule has 0 spiro atoms. The lowest BCUT2D eigenvalue weighted by Gasteiger charge is -2.28. The number of nitrogens with one attached hydrogen (secondary N) is 1. The Kier molecular flexibility index (Phi) is 4.77. The molecular formula is C16H22N2O2. The van der Waals surface area contributed by atoms with Crippen LogP contribution in [-0.4, -0.2) is 17.9 Å². The van der Waals surface area contributed by atoms with Gasteiger partial charge in [-0.25, -0.2) is 0 Å². The summed E-state index contributed by atoms with van der Waals surface area (Å²) in [5.41, 5.74) is 5.95. The number of benzene rings is 1. The topological polar surface area (TPSA) is 72.2 Å².